The lowest BCUT2D eigenvalue weighted by molar-refractivity contribution is -0.118. The predicted molar refractivity (Wildman–Crippen MR) is 209 cm³/mol. The van der Waals surface area contributed by atoms with Gasteiger partial charge in [-0.25, -0.2) is 9.59 Å². The second kappa shape index (κ2) is 17.6. The van der Waals surface area contributed by atoms with Crippen molar-refractivity contribution in [3.8, 4) is 0 Å². The molecule has 0 saturated carbocycles. The summed E-state index contributed by atoms with van der Waals surface area (Å²) in [5.74, 6) is -0.876. The highest BCUT2D eigenvalue weighted by Gasteiger charge is 2.38. The van der Waals surface area contributed by atoms with Crippen LogP contribution in [0.25, 0.3) is 0 Å². The van der Waals surface area contributed by atoms with Crippen molar-refractivity contribution in [2.75, 3.05) is 44.7 Å². The quantitative estimate of drug-likeness (QED) is 0.194. The highest BCUT2D eigenvalue weighted by atomic mass is 32.3. The minimum atomic E-state index is -1.41. The Morgan fingerprint density at radius 1 is 0.885 bits per heavy atom. The van der Waals surface area contributed by atoms with E-state index < -0.39 is 34.0 Å². The Morgan fingerprint density at radius 3 is 2.02 bits per heavy atom. The zero-order chi connectivity index (χ0) is 38.1. The molecule has 1 aliphatic rings. The van der Waals surface area contributed by atoms with Crippen LogP contribution in [0.3, 0.4) is 0 Å². The summed E-state index contributed by atoms with van der Waals surface area (Å²) in [5, 5.41) is 5.90. The number of anilines is 1. The summed E-state index contributed by atoms with van der Waals surface area (Å²) in [5.41, 5.74) is 2.62. The van der Waals surface area contributed by atoms with Gasteiger partial charge in [0, 0.05) is 16.4 Å². The third kappa shape index (κ3) is 11.2. The smallest absolute Gasteiger partial charge is 0.410 e. The summed E-state index contributed by atoms with van der Waals surface area (Å²) >= 11 is 0. The molecule has 1 fully saturated rings. The minimum absolute atomic E-state index is 0.0238. The predicted octanol–water partition coefficient (Wildman–Crippen LogP) is 7.91. The summed E-state index contributed by atoms with van der Waals surface area (Å²) in [4.78, 5) is 42.1. The van der Waals surface area contributed by atoms with Gasteiger partial charge in [-0.2, -0.15) is 0 Å². The molecule has 4 rings (SSSR count). The summed E-state index contributed by atoms with van der Waals surface area (Å²) in [6.45, 7) is 13.1. The zero-order valence-electron chi connectivity index (χ0n) is 32.1. The number of rotatable bonds is 12. The Balaban J connectivity index is 1.52. The number of hydrogen-bond donors (Lipinski definition) is 2. The molecule has 11 heteroatoms. The number of para-hydroxylation sites is 1. The van der Waals surface area contributed by atoms with Crippen molar-refractivity contribution in [1.29, 1.82) is 0 Å². The molecule has 3 atom stereocenters. The van der Waals surface area contributed by atoms with Gasteiger partial charge in [0.2, 0.25) is 5.91 Å². The van der Waals surface area contributed by atoms with Crippen LogP contribution in [0.1, 0.15) is 70.6 Å². The number of carbonyl (C=O) groups is 3. The van der Waals surface area contributed by atoms with Crippen molar-refractivity contribution >= 4 is 34.1 Å². The van der Waals surface area contributed by atoms with Gasteiger partial charge in [-0.3, -0.25) is 9.69 Å². The normalized spacial score (nSPS) is 17.6. The second-order valence-corrected chi connectivity index (χ2v) is 19.4. The van der Waals surface area contributed by atoms with Crippen LogP contribution >= 0.6 is 10.3 Å². The first-order chi connectivity index (χ1) is 24.5. The average Bonchev–Trinajstić information content (AvgIpc) is 3.09. The van der Waals surface area contributed by atoms with Crippen molar-refractivity contribution in [3.05, 3.63) is 102 Å². The Hall–Kier alpha value is -4.06. The van der Waals surface area contributed by atoms with E-state index >= 15 is 0 Å². The number of amides is 3. The van der Waals surface area contributed by atoms with Crippen molar-refractivity contribution < 1.29 is 32.8 Å². The van der Waals surface area contributed by atoms with Crippen molar-refractivity contribution in [2.45, 2.75) is 88.8 Å². The largest absolute Gasteiger partial charge is 0.453 e. The van der Waals surface area contributed by atoms with E-state index in [2.05, 4.69) is 43.9 Å². The maximum absolute atomic E-state index is 14.2. The third-order valence-electron chi connectivity index (χ3n) is 9.43. The molecule has 10 nitrogen and oxygen atoms in total. The topological polar surface area (TPSA) is 115 Å². The van der Waals surface area contributed by atoms with Gasteiger partial charge in [0.1, 0.15) is 11.6 Å². The molecule has 0 spiro atoms. The molecule has 0 unspecified atom stereocenters. The van der Waals surface area contributed by atoms with Crippen LogP contribution in [0.15, 0.2) is 84.9 Å². The summed E-state index contributed by atoms with van der Waals surface area (Å²) in [6.07, 6.45) is 4.10. The van der Waals surface area contributed by atoms with E-state index in [0.29, 0.717) is 38.3 Å². The Labute approximate surface area is 311 Å². The van der Waals surface area contributed by atoms with Crippen LogP contribution in [-0.2, 0) is 29.6 Å². The van der Waals surface area contributed by atoms with Crippen LogP contribution in [0.2, 0.25) is 0 Å². The number of ether oxygens (including phenoxy) is 3. The molecule has 0 radical (unpaired) electrons. The van der Waals surface area contributed by atoms with E-state index in [0.717, 1.165) is 16.7 Å². The fourth-order valence-corrected chi connectivity index (χ4v) is 6.66. The molecule has 0 aliphatic carbocycles. The molecule has 52 heavy (non-hydrogen) atoms. The maximum Gasteiger partial charge on any atom is 0.410 e. The number of morpholine rings is 1. The first-order valence-corrected chi connectivity index (χ1v) is 20.2. The molecule has 0 aromatic heterocycles. The maximum atomic E-state index is 14.2. The van der Waals surface area contributed by atoms with Crippen LogP contribution < -0.4 is 10.6 Å². The number of nitrogens with zero attached hydrogens (tertiary/aromatic N) is 1. The van der Waals surface area contributed by atoms with Gasteiger partial charge < -0.3 is 29.0 Å². The molecular formula is C41H57N3O7S. The molecule has 1 heterocycles. The molecule has 2 N–H and O–H groups in total. The molecule has 1 saturated heterocycles. The minimum Gasteiger partial charge on any atom is -0.453 e. The molecule has 3 amide bonds. The van der Waals surface area contributed by atoms with Gasteiger partial charge in [-0.15, -0.1) is 10.3 Å². The van der Waals surface area contributed by atoms with E-state index in [1.165, 1.54) is 7.11 Å². The third-order valence-corrected chi connectivity index (χ3v) is 13.1. The molecular weight excluding hydrogens is 679 g/mol. The first kappa shape index (κ1) is 40.7. The number of alkyl carbamates (subject to hydrolysis) is 1. The van der Waals surface area contributed by atoms with E-state index in [1.54, 1.807) is 4.90 Å². The average molecular weight is 736 g/mol. The van der Waals surface area contributed by atoms with Crippen LogP contribution in [0, 0.1) is 0 Å². The molecule has 1 aliphatic heterocycles. The fraction of sp³-hybridized carbons (Fsp3) is 0.488. The van der Waals surface area contributed by atoms with Crippen molar-refractivity contribution in [2.24, 2.45) is 0 Å². The van der Waals surface area contributed by atoms with E-state index in [-0.39, 0.29) is 28.9 Å². The van der Waals surface area contributed by atoms with Crippen molar-refractivity contribution in [1.82, 2.24) is 10.2 Å². The molecule has 0 bridgehead atoms. The zero-order valence-corrected chi connectivity index (χ0v) is 33.0. The SMILES string of the molecule is COC(=O)N[C@H](C(=O)Nc1ccccc1CC[C@@H]1CN(C(=O)OC(C)(C)C)[C@H](COS(C)(C)C(C)(C)C)CO1)C(c1ccccc1)c1ccccc1. The number of carbonyl (C=O) groups excluding carboxylic acids is 3. The molecule has 3 aromatic carbocycles. The first-order valence-electron chi connectivity index (χ1n) is 17.8. The molecule has 284 valence electrons. The fourth-order valence-electron chi connectivity index (χ4n) is 5.81. The van der Waals surface area contributed by atoms with Crippen LogP contribution in [0.5, 0.6) is 0 Å². The highest BCUT2D eigenvalue weighted by Crippen LogP contribution is 2.53. The van der Waals surface area contributed by atoms with E-state index in [1.807, 2.05) is 106 Å². The lowest BCUT2D eigenvalue weighted by Crippen LogP contribution is -2.55. The van der Waals surface area contributed by atoms with Gasteiger partial charge in [0.25, 0.3) is 0 Å². The summed E-state index contributed by atoms with van der Waals surface area (Å²) in [6, 6.07) is 25.6. The van der Waals surface area contributed by atoms with Crippen LogP contribution in [0.4, 0.5) is 15.3 Å². The van der Waals surface area contributed by atoms with E-state index in [9.17, 15) is 14.4 Å². The van der Waals surface area contributed by atoms with E-state index in [4.69, 9.17) is 18.4 Å². The van der Waals surface area contributed by atoms with Gasteiger partial charge in [-0.1, -0.05) is 99.6 Å². The van der Waals surface area contributed by atoms with Crippen LogP contribution in [-0.4, -0.2) is 90.9 Å². The summed E-state index contributed by atoms with van der Waals surface area (Å²) < 4.78 is 23.6. The van der Waals surface area contributed by atoms with Gasteiger partial charge in [0.05, 0.1) is 39.0 Å². The Kier molecular flexibility index (Phi) is 13.8. The number of nitrogens with one attached hydrogen (secondary N) is 2. The molecule has 3 aromatic rings. The number of aryl methyl sites for hydroxylation is 1. The Bertz CT molecular complexity index is 1580. The van der Waals surface area contributed by atoms with Crippen molar-refractivity contribution in [3.63, 3.8) is 0 Å². The number of hydrogen-bond acceptors (Lipinski definition) is 7. The lowest BCUT2D eigenvalue weighted by atomic mass is 9.84. The van der Waals surface area contributed by atoms with Gasteiger partial charge in [-0.05, 0) is 68.9 Å². The standard InChI is InChI=1S/C41H57N3O7S/c1-40(2,3)51-39(47)44-26-33(49-27-32(44)28-50-52(8,9)41(4,5)6)25-24-29-18-16-17-23-34(29)42-37(45)36(43-38(46)48-7)35(30-19-12-10-13-20-30)31-21-14-11-15-22-31/h10-23,32-33,35-36H,24-28H2,1-9H3,(H,42,45)(H,43,46)/t32-,33+,36-/m0/s1. The van der Waals surface area contributed by atoms with Gasteiger partial charge >= 0.3 is 12.2 Å². The van der Waals surface area contributed by atoms with Gasteiger partial charge in [0.15, 0.2) is 0 Å². The Morgan fingerprint density at radius 2 is 1.46 bits per heavy atom. The second-order valence-electron chi connectivity index (χ2n) is 15.5. The lowest BCUT2D eigenvalue weighted by Gasteiger charge is -2.46. The number of benzene rings is 3. The highest BCUT2D eigenvalue weighted by molar-refractivity contribution is 8.29. The monoisotopic (exact) mass is 735 g/mol. The number of methoxy groups -OCH3 is 1. The summed E-state index contributed by atoms with van der Waals surface area (Å²) in [7, 11) is -0.129.